The number of hydrogen-bond donors (Lipinski definition) is 1. The Balaban J connectivity index is 2.03. The lowest BCUT2D eigenvalue weighted by Crippen LogP contribution is -2.29. The van der Waals surface area contributed by atoms with Gasteiger partial charge in [0.25, 0.3) is 15.9 Å². The number of rotatable bonds is 4. The van der Waals surface area contributed by atoms with Crippen LogP contribution in [0.2, 0.25) is 0 Å². The Labute approximate surface area is 139 Å². The van der Waals surface area contributed by atoms with Crippen LogP contribution in [0.5, 0.6) is 11.5 Å². The maximum Gasteiger partial charge on any atom is 0.264 e. The zero-order valence-corrected chi connectivity index (χ0v) is 13.7. The highest BCUT2D eigenvalue weighted by atomic mass is 32.2. The predicted octanol–water partition coefficient (Wildman–Crippen LogP) is 1.38. The summed E-state index contributed by atoms with van der Waals surface area (Å²) in [5, 5.41) is 0. The molecule has 0 aliphatic carbocycles. The molecule has 1 aliphatic heterocycles. The van der Waals surface area contributed by atoms with Gasteiger partial charge in [-0.2, -0.15) is 0 Å². The highest BCUT2D eigenvalue weighted by Crippen LogP contribution is 2.34. The van der Waals surface area contributed by atoms with Gasteiger partial charge in [0.15, 0.2) is 11.5 Å². The van der Waals surface area contributed by atoms with E-state index in [0.717, 1.165) is 4.31 Å². The second-order valence-electron chi connectivity index (χ2n) is 5.16. The Bertz CT molecular complexity index is 895. The molecule has 2 aromatic rings. The Morgan fingerprint density at radius 2 is 1.75 bits per heavy atom. The maximum atomic E-state index is 12.9. The number of amides is 1. The van der Waals surface area contributed by atoms with Crippen LogP contribution >= 0.6 is 0 Å². The van der Waals surface area contributed by atoms with Gasteiger partial charge in [-0.25, -0.2) is 8.42 Å². The standard InChI is InChI=1S/C16H16N2O5S/c1-18(13-5-3-2-4-12(13)16(17)19)24(20,21)11-6-7-14-15(10-11)23-9-8-22-14/h2-7,10H,8-9H2,1H3,(H2,17,19). The van der Waals surface area contributed by atoms with Gasteiger partial charge in [-0.05, 0) is 24.3 Å². The summed E-state index contributed by atoms with van der Waals surface area (Å²) in [4.78, 5) is 11.6. The molecular weight excluding hydrogens is 332 g/mol. The van der Waals surface area contributed by atoms with Crippen molar-refractivity contribution in [3.8, 4) is 11.5 Å². The van der Waals surface area contributed by atoms with Gasteiger partial charge in [-0.3, -0.25) is 9.10 Å². The minimum absolute atomic E-state index is 0.0357. The summed E-state index contributed by atoms with van der Waals surface area (Å²) >= 11 is 0. The molecule has 1 amide bonds. The van der Waals surface area contributed by atoms with Crippen LogP contribution < -0.4 is 19.5 Å². The smallest absolute Gasteiger partial charge is 0.264 e. The molecule has 24 heavy (non-hydrogen) atoms. The lowest BCUT2D eigenvalue weighted by atomic mass is 10.2. The van der Waals surface area contributed by atoms with E-state index in [-0.39, 0.29) is 16.1 Å². The zero-order valence-electron chi connectivity index (χ0n) is 12.9. The van der Waals surface area contributed by atoms with Gasteiger partial charge in [0.2, 0.25) is 0 Å². The van der Waals surface area contributed by atoms with Crippen molar-refractivity contribution < 1.29 is 22.7 Å². The van der Waals surface area contributed by atoms with Crippen molar-refractivity contribution in [2.45, 2.75) is 4.90 Å². The van der Waals surface area contributed by atoms with E-state index < -0.39 is 15.9 Å². The third-order valence-electron chi connectivity index (χ3n) is 3.68. The fourth-order valence-electron chi connectivity index (χ4n) is 2.43. The predicted molar refractivity (Wildman–Crippen MR) is 88.0 cm³/mol. The Hall–Kier alpha value is -2.74. The third-order valence-corrected chi connectivity index (χ3v) is 5.45. The summed E-state index contributed by atoms with van der Waals surface area (Å²) in [7, 11) is -2.52. The van der Waals surface area contributed by atoms with E-state index in [0.29, 0.717) is 24.7 Å². The molecular formula is C16H16N2O5S. The van der Waals surface area contributed by atoms with E-state index in [1.807, 2.05) is 0 Å². The number of benzene rings is 2. The molecule has 3 rings (SSSR count). The molecule has 2 N–H and O–H groups in total. The molecule has 0 radical (unpaired) electrons. The topological polar surface area (TPSA) is 98.9 Å². The summed E-state index contributed by atoms with van der Waals surface area (Å²) in [6, 6.07) is 10.7. The molecule has 0 spiro atoms. The average Bonchev–Trinajstić information content (AvgIpc) is 2.60. The van der Waals surface area contributed by atoms with Gasteiger partial charge < -0.3 is 15.2 Å². The van der Waals surface area contributed by atoms with Gasteiger partial charge in [0.05, 0.1) is 16.1 Å². The highest BCUT2D eigenvalue weighted by Gasteiger charge is 2.26. The fourth-order valence-corrected chi connectivity index (χ4v) is 3.66. The van der Waals surface area contributed by atoms with Crippen LogP contribution in [0.15, 0.2) is 47.4 Å². The van der Waals surface area contributed by atoms with Crippen LogP contribution in [0.3, 0.4) is 0 Å². The second-order valence-corrected chi connectivity index (χ2v) is 7.13. The first-order valence-electron chi connectivity index (χ1n) is 7.18. The molecule has 8 heteroatoms. The first-order chi connectivity index (χ1) is 11.4. The summed E-state index contributed by atoms with van der Waals surface area (Å²) in [5.41, 5.74) is 5.66. The summed E-state index contributed by atoms with van der Waals surface area (Å²) in [5.74, 6) is 0.175. The number of fused-ring (bicyclic) bond motifs is 1. The molecule has 1 aliphatic rings. The van der Waals surface area contributed by atoms with E-state index >= 15 is 0 Å². The van der Waals surface area contributed by atoms with Crippen molar-refractivity contribution in [2.75, 3.05) is 24.6 Å². The van der Waals surface area contributed by atoms with Gasteiger partial charge in [-0.15, -0.1) is 0 Å². The van der Waals surface area contributed by atoms with Crippen LogP contribution in [0.1, 0.15) is 10.4 Å². The molecule has 0 bridgehead atoms. The lowest BCUT2D eigenvalue weighted by Gasteiger charge is -2.23. The summed E-state index contributed by atoms with van der Waals surface area (Å²) in [6.45, 7) is 0.780. The van der Waals surface area contributed by atoms with Gasteiger partial charge in [0.1, 0.15) is 13.2 Å². The van der Waals surface area contributed by atoms with E-state index in [1.165, 1.54) is 31.3 Å². The Kier molecular flexibility index (Phi) is 4.06. The minimum Gasteiger partial charge on any atom is -0.486 e. The van der Waals surface area contributed by atoms with Crippen LogP contribution in [-0.2, 0) is 10.0 Å². The van der Waals surface area contributed by atoms with Crippen molar-refractivity contribution in [1.82, 2.24) is 0 Å². The van der Waals surface area contributed by atoms with Crippen LogP contribution in [0.4, 0.5) is 5.69 Å². The number of ether oxygens (including phenoxy) is 2. The average molecular weight is 348 g/mol. The first kappa shape index (κ1) is 16.1. The number of carbonyl (C=O) groups is 1. The number of sulfonamides is 1. The van der Waals surface area contributed by atoms with Crippen molar-refractivity contribution in [3.05, 3.63) is 48.0 Å². The van der Waals surface area contributed by atoms with Crippen molar-refractivity contribution in [1.29, 1.82) is 0 Å². The number of nitrogens with two attached hydrogens (primary N) is 1. The fraction of sp³-hybridized carbons (Fsp3) is 0.188. The van der Waals surface area contributed by atoms with Crippen LogP contribution in [0.25, 0.3) is 0 Å². The normalized spacial score (nSPS) is 13.4. The Morgan fingerprint density at radius 3 is 2.46 bits per heavy atom. The highest BCUT2D eigenvalue weighted by molar-refractivity contribution is 7.92. The molecule has 0 unspecified atom stereocenters. The molecule has 126 valence electrons. The SMILES string of the molecule is CN(c1ccccc1C(N)=O)S(=O)(=O)c1ccc2c(c1)OCCO2. The molecule has 0 atom stereocenters. The van der Waals surface area contributed by atoms with Crippen molar-refractivity contribution >= 4 is 21.6 Å². The minimum atomic E-state index is -3.89. The summed E-state index contributed by atoms with van der Waals surface area (Å²) < 4.78 is 37.6. The number of hydrogen-bond acceptors (Lipinski definition) is 5. The molecule has 0 saturated heterocycles. The monoisotopic (exact) mass is 348 g/mol. The van der Waals surface area contributed by atoms with Gasteiger partial charge >= 0.3 is 0 Å². The van der Waals surface area contributed by atoms with E-state index in [2.05, 4.69) is 0 Å². The molecule has 1 heterocycles. The summed E-state index contributed by atoms with van der Waals surface area (Å²) in [6.07, 6.45) is 0. The largest absolute Gasteiger partial charge is 0.486 e. The quantitative estimate of drug-likeness (QED) is 0.900. The number of anilines is 1. The molecule has 7 nitrogen and oxygen atoms in total. The molecule has 0 aromatic heterocycles. The molecule has 2 aromatic carbocycles. The number of carbonyl (C=O) groups excluding carboxylic acids is 1. The van der Waals surface area contributed by atoms with Crippen molar-refractivity contribution in [3.63, 3.8) is 0 Å². The van der Waals surface area contributed by atoms with Gasteiger partial charge in [-0.1, -0.05) is 12.1 Å². The van der Waals surface area contributed by atoms with E-state index in [9.17, 15) is 13.2 Å². The number of para-hydroxylation sites is 1. The van der Waals surface area contributed by atoms with Crippen molar-refractivity contribution in [2.24, 2.45) is 5.73 Å². The van der Waals surface area contributed by atoms with Gasteiger partial charge in [0, 0.05) is 13.1 Å². The first-order valence-corrected chi connectivity index (χ1v) is 8.62. The number of nitrogens with zero attached hydrogens (tertiary/aromatic N) is 1. The van der Waals surface area contributed by atoms with E-state index in [4.69, 9.17) is 15.2 Å². The third kappa shape index (κ3) is 2.76. The van der Waals surface area contributed by atoms with E-state index in [1.54, 1.807) is 18.2 Å². The Morgan fingerprint density at radius 1 is 1.08 bits per heavy atom. The molecule has 0 fully saturated rings. The van der Waals surface area contributed by atoms with Crippen LogP contribution in [-0.4, -0.2) is 34.6 Å². The zero-order chi connectivity index (χ0) is 17.3. The lowest BCUT2D eigenvalue weighted by molar-refractivity contribution is 0.100. The second kappa shape index (κ2) is 6.04. The molecule has 0 saturated carbocycles. The maximum absolute atomic E-state index is 12.9. The van der Waals surface area contributed by atoms with Crippen LogP contribution in [0, 0.1) is 0 Å². The number of primary amides is 1.